The number of hydrogen-bond donors (Lipinski definition) is 1. The van der Waals surface area contributed by atoms with Gasteiger partial charge in [-0.25, -0.2) is 4.79 Å². The van der Waals surface area contributed by atoms with E-state index in [0.29, 0.717) is 0 Å². The number of hydrogen-bond acceptors (Lipinski definition) is 1. The van der Waals surface area contributed by atoms with E-state index in [1.54, 1.807) is 0 Å². The number of halogens is 3. The van der Waals surface area contributed by atoms with Crippen LogP contribution < -0.4 is 29.6 Å². The first-order valence-corrected chi connectivity index (χ1v) is 2.10. The molecule has 0 spiro atoms. The number of carboxylic acids is 1. The summed E-state index contributed by atoms with van der Waals surface area (Å²) in [4.78, 5) is 9.60. The predicted octanol–water partition coefficient (Wildman–Crippen LogP) is -1.01. The summed E-state index contributed by atoms with van der Waals surface area (Å²) in [6.07, 6.45) is 0. The molecule has 0 bridgehead atoms. The normalized spacial score (nSPS) is 7.36. The van der Waals surface area contributed by atoms with Crippen LogP contribution in [0.15, 0.2) is 12.2 Å². The summed E-state index contributed by atoms with van der Waals surface area (Å²) in [6, 6.07) is 0. The van der Waals surface area contributed by atoms with Gasteiger partial charge in [0.1, 0.15) is 0 Å². The molecule has 0 fully saturated rings. The van der Waals surface area contributed by atoms with Crippen LogP contribution in [0.5, 0.6) is 0 Å². The van der Waals surface area contributed by atoms with E-state index in [-0.39, 0.29) is 35.1 Å². The van der Waals surface area contributed by atoms with Gasteiger partial charge in [0.2, 0.25) is 0 Å². The minimum atomic E-state index is -3.08. The molecule has 0 saturated heterocycles. The van der Waals surface area contributed by atoms with Crippen LogP contribution in [-0.2, 0) is 4.79 Å². The SMILES string of the molecule is C=C(C)C(=O)O.F[C-](F)F.[Na+]. The Kier molecular flexibility index (Phi) is 15.6. The van der Waals surface area contributed by atoms with Crippen molar-refractivity contribution in [3.8, 4) is 0 Å². The molecule has 0 radical (unpaired) electrons. The van der Waals surface area contributed by atoms with Gasteiger partial charge < -0.3 is 18.3 Å². The van der Waals surface area contributed by atoms with Crippen LogP contribution in [0.25, 0.3) is 0 Å². The van der Waals surface area contributed by atoms with Gasteiger partial charge in [-0.3, -0.25) is 0 Å². The van der Waals surface area contributed by atoms with E-state index in [1.807, 2.05) is 0 Å². The van der Waals surface area contributed by atoms with Gasteiger partial charge in [0.25, 0.3) is 0 Å². The number of carbonyl (C=O) groups is 1. The van der Waals surface area contributed by atoms with Crippen LogP contribution in [0.4, 0.5) is 13.2 Å². The van der Waals surface area contributed by atoms with Crippen molar-refractivity contribution in [2.45, 2.75) is 6.92 Å². The molecular formula is C5H6F3NaO2. The second-order valence-corrected chi connectivity index (χ2v) is 1.30. The van der Waals surface area contributed by atoms with Crippen LogP contribution in [0.1, 0.15) is 6.92 Å². The molecule has 1 N–H and O–H groups in total. The van der Waals surface area contributed by atoms with Crippen LogP contribution in [0.2, 0.25) is 0 Å². The fourth-order valence-corrected chi connectivity index (χ4v) is 0. The second kappa shape index (κ2) is 10.0. The Morgan fingerprint density at radius 3 is 1.55 bits per heavy atom. The van der Waals surface area contributed by atoms with E-state index in [0.717, 1.165) is 0 Å². The summed E-state index contributed by atoms with van der Waals surface area (Å²) in [7, 11) is 0. The van der Waals surface area contributed by atoms with Crippen LogP contribution in [0.3, 0.4) is 0 Å². The Morgan fingerprint density at radius 2 is 1.55 bits per heavy atom. The van der Waals surface area contributed by atoms with Crippen molar-refractivity contribution in [1.82, 2.24) is 0 Å². The Labute approximate surface area is 84.4 Å². The summed E-state index contributed by atoms with van der Waals surface area (Å²) < 4.78 is 28.8. The summed E-state index contributed by atoms with van der Waals surface area (Å²) in [5.74, 6) is -0.935. The molecular weight excluding hydrogens is 172 g/mol. The number of rotatable bonds is 1. The molecule has 6 heteroatoms. The molecule has 0 aliphatic rings. The van der Waals surface area contributed by atoms with Gasteiger partial charge in [-0.15, -0.1) is 0 Å². The molecule has 0 heterocycles. The Morgan fingerprint density at radius 1 is 1.45 bits per heavy atom. The van der Waals surface area contributed by atoms with Gasteiger partial charge in [-0.05, 0) is 6.92 Å². The molecule has 0 aliphatic heterocycles. The second-order valence-electron chi connectivity index (χ2n) is 1.30. The van der Waals surface area contributed by atoms with Gasteiger partial charge in [-0.1, -0.05) is 6.58 Å². The molecule has 0 amide bonds. The Balaban J connectivity index is -0.000000114. The van der Waals surface area contributed by atoms with Gasteiger partial charge in [-0.2, -0.15) is 0 Å². The largest absolute Gasteiger partial charge is 1.00 e. The predicted molar refractivity (Wildman–Crippen MR) is 29.0 cm³/mol. The number of aliphatic carboxylic acids is 1. The van der Waals surface area contributed by atoms with Crippen molar-refractivity contribution in [3.05, 3.63) is 18.8 Å². The summed E-state index contributed by atoms with van der Waals surface area (Å²) in [5.41, 5.74) is 0.176. The molecule has 2 nitrogen and oxygen atoms in total. The maximum atomic E-state index is 9.60. The van der Waals surface area contributed by atoms with Crippen molar-refractivity contribution in [1.29, 1.82) is 0 Å². The first-order valence-electron chi connectivity index (χ1n) is 2.10. The maximum absolute atomic E-state index is 9.60. The van der Waals surface area contributed by atoms with Crippen molar-refractivity contribution in [2.24, 2.45) is 0 Å². The van der Waals surface area contributed by atoms with Gasteiger partial charge in [0.05, 0.1) is 0 Å². The topological polar surface area (TPSA) is 37.3 Å². The molecule has 60 valence electrons. The molecule has 0 aromatic rings. The fraction of sp³-hybridized carbons (Fsp3) is 0.200. The third-order valence-electron chi connectivity index (χ3n) is 0.365. The summed E-state index contributed by atoms with van der Waals surface area (Å²) in [5, 5.41) is 7.89. The zero-order valence-electron chi connectivity index (χ0n) is 6.20. The van der Waals surface area contributed by atoms with Gasteiger partial charge in [0, 0.05) is 5.57 Å². The number of carboxylic acid groups (broad SMARTS) is 1. The first-order chi connectivity index (χ1) is 4.37. The van der Waals surface area contributed by atoms with E-state index in [1.165, 1.54) is 6.92 Å². The monoisotopic (exact) mass is 178 g/mol. The minimum Gasteiger partial charge on any atom is -0.478 e. The van der Waals surface area contributed by atoms with Crippen molar-refractivity contribution < 1.29 is 52.6 Å². The smallest absolute Gasteiger partial charge is 0.478 e. The van der Waals surface area contributed by atoms with Crippen LogP contribution in [-0.4, -0.2) is 11.1 Å². The molecule has 0 saturated carbocycles. The molecule has 0 aromatic heterocycles. The van der Waals surface area contributed by atoms with Crippen LogP contribution in [0, 0.1) is 6.68 Å². The van der Waals surface area contributed by atoms with Gasteiger partial charge >= 0.3 is 35.5 Å². The Hall–Kier alpha value is -0.000000000000000222. The van der Waals surface area contributed by atoms with Crippen molar-refractivity contribution in [3.63, 3.8) is 0 Å². The maximum Gasteiger partial charge on any atom is 1.00 e. The van der Waals surface area contributed by atoms with E-state index in [2.05, 4.69) is 6.58 Å². The third-order valence-corrected chi connectivity index (χ3v) is 0.365. The first kappa shape index (κ1) is 17.2. The van der Waals surface area contributed by atoms with E-state index in [9.17, 15) is 18.0 Å². The molecule has 0 unspecified atom stereocenters. The van der Waals surface area contributed by atoms with E-state index in [4.69, 9.17) is 5.11 Å². The summed E-state index contributed by atoms with van der Waals surface area (Å²) >= 11 is 0. The zero-order chi connectivity index (χ0) is 8.73. The molecule has 0 aliphatic carbocycles. The standard InChI is InChI=1S/C4H6O2.CF3.Na/c1-3(2)4(5)6;2-1(3)4;/h1H2,2H3,(H,5,6);;/q;-1;+1. The van der Waals surface area contributed by atoms with E-state index >= 15 is 0 Å². The average molecular weight is 178 g/mol. The molecule has 0 aromatic carbocycles. The molecule has 11 heavy (non-hydrogen) atoms. The third kappa shape index (κ3) is 40.0. The van der Waals surface area contributed by atoms with Crippen molar-refractivity contribution >= 4 is 5.97 Å². The quantitative estimate of drug-likeness (QED) is 0.317. The van der Waals surface area contributed by atoms with Crippen molar-refractivity contribution in [2.75, 3.05) is 0 Å². The molecule has 0 rings (SSSR count). The van der Waals surface area contributed by atoms with Crippen LogP contribution >= 0.6 is 0 Å². The van der Waals surface area contributed by atoms with E-state index < -0.39 is 12.6 Å². The minimum absolute atomic E-state index is 0. The fourth-order valence-electron chi connectivity index (χ4n) is 0. The Bertz CT molecular complexity index is 112. The molecule has 0 atom stereocenters. The van der Waals surface area contributed by atoms with Gasteiger partial charge in [0.15, 0.2) is 6.68 Å². The average Bonchev–Trinajstić information content (AvgIpc) is 1.63. The summed E-state index contributed by atoms with van der Waals surface area (Å²) in [6.45, 7) is 1.52. The zero-order valence-corrected chi connectivity index (χ0v) is 8.20.